The minimum absolute atomic E-state index is 0.141. The molecule has 0 spiro atoms. The molecule has 0 N–H and O–H groups in total. The van der Waals surface area contributed by atoms with E-state index in [0.29, 0.717) is 12.8 Å². The molecule has 1 rings (SSSR count). The lowest BCUT2D eigenvalue weighted by molar-refractivity contribution is -0.151. The minimum Gasteiger partial charge on any atom is -0.467 e. The SMILES string of the molecule is CCCCCCCC(CCCCCCC)N1C(=O)CCC1C(=O)OC. The number of esters is 1. The number of amides is 1. The molecule has 25 heavy (non-hydrogen) atoms. The van der Waals surface area contributed by atoms with Crippen LogP contribution in [0, 0.1) is 0 Å². The van der Waals surface area contributed by atoms with Crippen molar-refractivity contribution in [3.8, 4) is 0 Å². The Morgan fingerprint density at radius 2 is 1.52 bits per heavy atom. The molecule has 0 aromatic rings. The molecule has 1 fully saturated rings. The van der Waals surface area contributed by atoms with Crippen LogP contribution in [0.3, 0.4) is 0 Å². The first-order valence-corrected chi connectivity index (χ1v) is 10.5. The van der Waals surface area contributed by atoms with Crippen LogP contribution in [0.15, 0.2) is 0 Å². The molecular formula is C21H39NO3. The number of nitrogens with zero attached hydrogens (tertiary/aromatic N) is 1. The van der Waals surface area contributed by atoms with Gasteiger partial charge in [0.15, 0.2) is 0 Å². The summed E-state index contributed by atoms with van der Waals surface area (Å²) in [5.41, 5.74) is 0. The number of carbonyl (C=O) groups excluding carboxylic acids is 2. The Balaban J connectivity index is 2.59. The van der Waals surface area contributed by atoms with Crippen molar-refractivity contribution in [3.63, 3.8) is 0 Å². The number of hydrogen-bond donors (Lipinski definition) is 0. The molecule has 4 nitrogen and oxygen atoms in total. The molecule has 1 unspecified atom stereocenters. The number of likely N-dealkylation sites (tertiary alicyclic amines) is 1. The molecule has 1 aliphatic rings. The Kier molecular flexibility index (Phi) is 11.6. The average molecular weight is 354 g/mol. The molecular weight excluding hydrogens is 314 g/mol. The van der Waals surface area contributed by atoms with E-state index in [1.807, 2.05) is 4.90 Å². The standard InChI is InChI=1S/C21H39NO3/c1-4-6-8-10-12-14-18(15-13-11-9-7-5-2)22-19(21(24)25-3)16-17-20(22)23/h18-19H,4-17H2,1-3H3. The van der Waals surface area contributed by atoms with Crippen LogP contribution in [-0.4, -0.2) is 36.0 Å². The van der Waals surface area contributed by atoms with Crippen molar-refractivity contribution in [1.29, 1.82) is 0 Å². The van der Waals surface area contributed by atoms with Crippen molar-refractivity contribution in [3.05, 3.63) is 0 Å². The molecule has 1 saturated heterocycles. The second kappa shape index (κ2) is 13.2. The van der Waals surface area contributed by atoms with E-state index < -0.39 is 0 Å². The number of hydrogen-bond acceptors (Lipinski definition) is 3. The van der Waals surface area contributed by atoms with Gasteiger partial charge in [-0.05, 0) is 19.3 Å². The van der Waals surface area contributed by atoms with Gasteiger partial charge in [-0.3, -0.25) is 4.79 Å². The van der Waals surface area contributed by atoms with Gasteiger partial charge >= 0.3 is 5.97 Å². The zero-order chi connectivity index (χ0) is 18.5. The van der Waals surface area contributed by atoms with Crippen molar-refractivity contribution in [2.75, 3.05) is 7.11 Å². The van der Waals surface area contributed by atoms with Gasteiger partial charge in [0.25, 0.3) is 0 Å². The smallest absolute Gasteiger partial charge is 0.328 e. The minimum atomic E-state index is -0.353. The summed E-state index contributed by atoms with van der Waals surface area (Å²) in [6, 6.07) is -0.142. The molecule has 4 heteroatoms. The Morgan fingerprint density at radius 3 is 2.00 bits per heavy atom. The van der Waals surface area contributed by atoms with Crippen molar-refractivity contribution >= 4 is 11.9 Å². The summed E-state index contributed by atoms with van der Waals surface area (Å²) in [6.07, 6.45) is 15.5. The first kappa shape index (κ1) is 22.0. The van der Waals surface area contributed by atoms with Crippen molar-refractivity contribution in [2.45, 2.75) is 116 Å². The second-order valence-corrected chi connectivity index (χ2v) is 7.44. The zero-order valence-electron chi connectivity index (χ0n) is 16.7. The predicted molar refractivity (Wildman–Crippen MR) is 102 cm³/mol. The van der Waals surface area contributed by atoms with Crippen LogP contribution >= 0.6 is 0 Å². The maximum atomic E-state index is 12.4. The largest absolute Gasteiger partial charge is 0.467 e. The van der Waals surface area contributed by atoms with E-state index in [2.05, 4.69) is 13.8 Å². The lowest BCUT2D eigenvalue weighted by Gasteiger charge is -2.32. The van der Waals surface area contributed by atoms with E-state index in [-0.39, 0.29) is 24.0 Å². The molecule has 0 aromatic heterocycles. The van der Waals surface area contributed by atoms with Crippen molar-refractivity contribution in [1.82, 2.24) is 4.90 Å². The molecule has 0 aromatic carbocycles. The molecule has 1 heterocycles. The van der Waals surface area contributed by atoms with Gasteiger partial charge in [0.1, 0.15) is 6.04 Å². The fourth-order valence-electron chi connectivity index (χ4n) is 3.92. The fourth-order valence-corrected chi connectivity index (χ4v) is 3.92. The van der Waals surface area contributed by atoms with Gasteiger partial charge in [-0.1, -0.05) is 78.1 Å². The van der Waals surface area contributed by atoms with E-state index in [0.717, 1.165) is 25.7 Å². The normalized spacial score (nSPS) is 17.5. The fraction of sp³-hybridized carbons (Fsp3) is 0.905. The van der Waals surface area contributed by atoms with Crippen molar-refractivity contribution < 1.29 is 14.3 Å². The summed E-state index contributed by atoms with van der Waals surface area (Å²) in [7, 11) is 1.42. The van der Waals surface area contributed by atoms with Crippen LogP contribution in [0.1, 0.15) is 104 Å². The van der Waals surface area contributed by atoms with E-state index in [1.165, 1.54) is 58.5 Å². The third kappa shape index (κ3) is 7.79. The van der Waals surface area contributed by atoms with E-state index in [9.17, 15) is 9.59 Å². The number of ether oxygens (including phenoxy) is 1. The Hall–Kier alpha value is -1.06. The lowest BCUT2D eigenvalue weighted by atomic mass is 9.98. The van der Waals surface area contributed by atoms with Gasteiger partial charge in [-0.15, -0.1) is 0 Å². The summed E-state index contributed by atoms with van der Waals surface area (Å²) in [6.45, 7) is 4.45. The van der Waals surface area contributed by atoms with E-state index in [4.69, 9.17) is 4.74 Å². The number of methoxy groups -OCH3 is 1. The summed E-state index contributed by atoms with van der Waals surface area (Å²) in [4.78, 5) is 26.4. The predicted octanol–water partition coefficient (Wildman–Crippen LogP) is 5.24. The van der Waals surface area contributed by atoms with Crippen LogP contribution in [0.2, 0.25) is 0 Å². The molecule has 0 aliphatic carbocycles. The van der Waals surface area contributed by atoms with Gasteiger partial charge in [0, 0.05) is 12.5 Å². The summed E-state index contributed by atoms with van der Waals surface area (Å²) in [5, 5.41) is 0. The quantitative estimate of drug-likeness (QED) is 0.317. The van der Waals surface area contributed by atoms with E-state index >= 15 is 0 Å². The van der Waals surface area contributed by atoms with Crippen LogP contribution < -0.4 is 0 Å². The number of rotatable bonds is 14. The van der Waals surface area contributed by atoms with Crippen LogP contribution in [0.25, 0.3) is 0 Å². The van der Waals surface area contributed by atoms with Crippen LogP contribution in [0.5, 0.6) is 0 Å². The third-order valence-corrected chi connectivity index (χ3v) is 5.40. The molecule has 1 amide bonds. The van der Waals surface area contributed by atoms with Crippen molar-refractivity contribution in [2.24, 2.45) is 0 Å². The topological polar surface area (TPSA) is 46.6 Å². The third-order valence-electron chi connectivity index (χ3n) is 5.40. The highest BCUT2D eigenvalue weighted by Gasteiger charge is 2.40. The Bertz CT molecular complexity index is 369. The first-order valence-electron chi connectivity index (χ1n) is 10.5. The maximum absolute atomic E-state index is 12.4. The van der Waals surface area contributed by atoms with Gasteiger partial charge in [-0.25, -0.2) is 4.79 Å². The highest BCUT2D eigenvalue weighted by molar-refractivity contribution is 5.88. The number of unbranched alkanes of at least 4 members (excludes halogenated alkanes) is 8. The summed E-state index contributed by atoms with van der Waals surface area (Å²) >= 11 is 0. The van der Waals surface area contributed by atoms with Gasteiger partial charge in [0.2, 0.25) is 5.91 Å². The Morgan fingerprint density at radius 1 is 1.00 bits per heavy atom. The first-order chi connectivity index (χ1) is 12.2. The number of carbonyl (C=O) groups is 2. The molecule has 1 atom stereocenters. The van der Waals surface area contributed by atoms with Gasteiger partial charge < -0.3 is 9.64 Å². The lowest BCUT2D eigenvalue weighted by Crippen LogP contribution is -2.46. The molecule has 0 saturated carbocycles. The van der Waals surface area contributed by atoms with Crippen LogP contribution in [0.4, 0.5) is 0 Å². The molecule has 1 aliphatic heterocycles. The van der Waals surface area contributed by atoms with Gasteiger partial charge in [-0.2, -0.15) is 0 Å². The zero-order valence-corrected chi connectivity index (χ0v) is 16.7. The maximum Gasteiger partial charge on any atom is 0.328 e. The van der Waals surface area contributed by atoms with Crippen LogP contribution in [-0.2, 0) is 14.3 Å². The summed E-state index contributed by atoms with van der Waals surface area (Å²) < 4.78 is 4.95. The monoisotopic (exact) mass is 353 g/mol. The molecule has 0 radical (unpaired) electrons. The highest BCUT2D eigenvalue weighted by atomic mass is 16.5. The van der Waals surface area contributed by atoms with Gasteiger partial charge in [0.05, 0.1) is 7.11 Å². The highest BCUT2D eigenvalue weighted by Crippen LogP contribution is 2.28. The van der Waals surface area contributed by atoms with E-state index in [1.54, 1.807) is 0 Å². The average Bonchev–Trinajstić information content (AvgIpc) is 3.00. The Labute approximate surface area is 154 Å². The summed E-state index contributed by atoms with van der Waals surface area (Å²) in [5.74, 6) is -0.102. The molecule has 0 bridgehead atoms. The second-order valence-electron chi connectivity index (χ2n) is 7.44. The molecule has 146 valence electrons.